The van der Waals surface area contributed by atoms with Crippen molar-refractivity contribution in [1.29, 1.82) is 0 Å². The van der Waals surface area contributed by atoms with Gasteiger partial charge in [-0.2, -0.15) is 5.10 Å². The zero-order valence-corrected chi connectivity index (χ0v) is 4.85. The van der Waals surface area contributed by atoms with Crippen molar-refractivity contribution in [1.82, 2.24) is 0 Å². The summed E-state index contributed by atoms with van der Waals surface area (Å²) >= 11 is 0. The first-order valence-corrected chi connectivity index (χ1v) is 2.64. The Balaban J connectivity index is 2.54. The number of rotatable bonds is 0. The van der Waals surface area contributed by atoms with Crippen LogP contribution in [-0.2, 0) is 4.79 Å². The van der Waals surface area contributed by atoms with E-state index in [4.69, 9.17) is 0 Å². The van der Waals surface area contributed by atoms with Crippen LogP contribution >= 0.6 is 0 Å². The molecule has 0 amide bonds. The van der Waals surface area contributed by atoms with E-state index in [1.165, 1.54) is 6.34 Å². The molecule has 48 valence electrons. The standard InChI is InChI=1S/C5H2N4O/c10-3-1-8-9-5-4(3)6-2-7-5/h1-2H. The van der Waals surface area contributed by atoms with E-state index in [0.717, 1.165) is 6.21 Å². The number of aliphatic imine (C=N–C) groups is 2. The lowest BCUT2D eigenvalue weighted by Gasteiger charge is -1.96. The molecule has 0 unspecified atom stereocenters. The van der Waals surface area contributed by atoms with Gasteiger partial charge >= 0.3 is 0 Å². The molecular weight excluding hydrogens is 132 g/mol. The van der Waals surface area contributed by atoms with Gasteiger partial charge in [-0.1, -0.05) is 0 Å². The number of carbonyl (C=O) groups is 1. The summed E-state index contributed by atoms with van der Waals surface area (Å²) in [6.45, 7) is 0. The van der Waals surface area contributed by atoms with E-state index in [9.17, 15) is 4.79 Å². The van der Waals surface area contributed by atoms with Crippen LogP contribution in [-0.4, -0.2) is 29.9 Å². The molecule has 0 saturated carbocycles. The van der Waals surface area contributed by atoms with E-state index < -0.39 is 0 Å². The third-order valence-electron chi connectivity index (χ3n) is 1.14. The SMILES string of the molecule is O=C1C=NN=C2N=CN=C12. The van der Waals surface area contributed by atoms with Crippen LogP contribution in [0.3, 0.4) is 0 Å². The van der Waals surface area contributed by atoms with Gasteiger partial charge in [-0.15, -0.1) is 5.10 Å². The van der Waals surface area contributed by atoms with Crippen LogP contribution in [0.25, 0.3) is 0 Å². The van der Waals surface area contributed by atoms with Gasteiger partial charge in [0.2, 0.25) is 11.6 Å². The zero-order valence-electron chi connectivity index (χ0n) is 4.85. The average molecular weight is 134 g/mol. The first-order chi connectivity index (χ1) is 4.88. The van der Waals surface area contributed by atoms with Gasteiger partial charge in [0, 0.05) is 0 Å². The Morgan fingerprint density at radius 2 is 2.30 bits per heavy atom. The topological polar surface area (TPSA) is 66.5 Å². The summed E-state index contributed by atoms with van der Waals surface area (Å²) in [6.07, 6.45) is 2.41. The fourth-order valence-corrected chi connectivity index (χ4v) is 0.704. The van der Waals surface area contributed by atoms with Gasteiger partial charge in [0.05, 0.1) is 6.21 Å². The second kappa shape index (κ2) is 1.66. The molecule has 0 aromatic carbocycles. The van der Waals surface area contributed by atoms with Crippen LogP contribution in [0, 0.1) is 0 Å². The molecule has 2 heterocycles. The lowest BCUT2D eigenvalue weighted by Crippen LogP contribution is -2.23. The second-order valence-electron chi connectivity index (χ2n) is 1.75. The number of amidine groups is 1. The molecule has 0 fully saturated rings. The van der Waals surface area contributed by atoms with Gasteiger partial charge in [0.1, 0.15) is 6.34 Å². The van der Waals surface area contributed by atoms with E-state index in [1.807, 2.05) is 0 Å². The number of Topliss-reactive ketones (excluding diaryl/α,β-unsaturated/α-hetero) is 1. The lowest BCUT2D eigenvalue weighted by molar-refractivity contribution is -0.106. The van der Waals surface area contributed by atoms with Crippen molar-refractivity contribution >= 4 is 29.9 Å². The molecule has 0 aromatic rings. The fraction of sp³-hybridized carbons (Fsp3) is 0. The van der Waals surface area contributed by atoms with Crippen molar-refractivity contribution in [2.24, 2.45) is 20.2 Å². The highest BCUT2D eigenvalue weighted by molar-refractivity contribution is 6.80. The van der Waals surface area contributed by atoms with Crippen molar-refractivity contribution in [2.75, 3.05) is 0 Å². The van der Waals surface area contributed by atoms with Gasteiger partial charge < -0.3 is 0 Å². The van der Waals surface area contributed by atoms with Crippen molar-refractivity contribution in [3.63, 3.8) is 0 Å². The van der Waals surface area contributed by atoms with Crippen molar-refractivity contribution in [2.45, 2.75) is 0 Å². The monoisotopic (exact) mass is 134 g/mol. The maximum Gasteiger partial charge on any atom is 0.228 e. The summed E-state index contributed by atoms with van der Waals surface area (Å²) in [5.41, 5.74) is 0.287. The summed E-state index contributed by atoms with van der Waals surface area (Å²) in [6, 6.07) is 0. The van der Waals surface area contributed by atoms with Gasteiger partial charge in [-0.25, -0.2) is 9.98 Å². The molecular formula is C5H2N4O. The average Bonchev–Trinajstić information content (AvgIpc) is 2.36. The highest BCUT2D eigenvalue weighted by Crippen LogP contribution is 1.99. The number of hydrogen-bond donors (Lipinski definition) is 0. The first kappa shape index (κ1) is 5.16. The molecule has 2 aliphatic heterocycles. The van der Waals surface area contributed by atoms with Gasteiger partial charge in [-0.3, -0.25) is 4.79 Å². The molecule has 0 atom stereocenters. The molecule has 0 aromatic heterocycles. The van der Waals surface area contributed by atoms with Crippen LogP contribution in [0.15, 0.2) is 20.2 Å². The van der Waals surface area contributed by atoms with Gasteiger partial charge in [0.25, 0.3) is 0 Å². The highest BCUT2D eigenvalue weighted by Gasteiger charge is 2.21. The Labute approximate surface area is 55.9 Å². The Morgan fingerprint density at radius 1 is 1.40 bits per heavy atom. The highest BCUT2D eigenvalue weighted by atomic mass is 16.1. The summed E-state index contributed by atoms with van der Waals surface area (Å²) in [7, 11) is 0. The van der Waals surface area contributed by atoms with Gasteiger partial charge in [0.15, 0.2) is 5.71 Å². The van der Waals surface area contributed by atoms with Crippen molar-refractivity contribution in [3.05, 3.63) is 0 Å². The molecule has 2 rings (SSSR count). The maximum atomic E-state index is 10.8. The molecule has 2 aliphatic rings. The molecule has 0 aliphatic carbocycles. The minimum Gasteiger partial charge on any atom is -0.286 e. The molecule has 5 nitrogen and oxygen atoms in total. The summed E-state index contributed by atoms with van der Waals surface area (Å²) < 4.78 is 0. The molecule has 0 radical (unpaired) electrons. The number of nitrogens with zero attached hydrogens (tertiary/aromatic N) is 4. The Morgan fingerprint density at radius 3 is 3.10 bits per heavy atom. The van der Waals surface area contributed by atoms with E-state index in [1.54, 1.807) is 0 Å². The number of carbonyl (C=O) groups excluding carboxylic acids is 1. The molecule has 5 heteroatoms. The zero-order chi connectivity index (χ0) is 6.97. The summed E-state index contributed by atoms with van der Waals surface area (Å²) in [5, 5.41) is 7.00. The van der Waals surface area contributed by atoms with Crippen LogP contribution in [0.2, 0.25) is 0 Å². The number of fused-ring (bicyclic) bond motifs is 1. The molecule has 0 saturated heterocycles. The largest absolute Gasteiger partial charge is 0.286 e. The smallest absolute Gasteiger partial charge is 0.228 e. The normalized spacial score (nSPS) is 20.6. The molecule has 10 heavy (non-hydrogen) atoms. The second-order valence-corrected chi connectivity index (χ2v) is 1.75. The summed E-state index contributed by atoms with van der Waals surface area (Å²) in [4.78, 5) is 18.2. The third kappa shape index (κ3) is 0.540. The minimum absolute atomic E-state index is 0.234. The predicted octanol–water partition coefficient (Wildman–Crippen LogP) is -0.564. The van der Waals surface area contributed by atoms with Crippen LogP contribution in [0.5, 0.6) is 0 Å². The van der Waals surface area contributed by atoms with Crippen molar-refractivity contribution in [3.8, 4) is 0 Å². The Kier molecular flexibility index (Phi) is 0.858. The number of hydrogen-bond acceptors (Lipinski definition) is 5. The van der Waals surface area contributed by atoms with E-state index in [0.29, 0.717) is 5.84 Å². The van der Waals surface area contributed by atoms with E-state index >= 15 is 0 Å². The van der Waals surface area contributed by atoms with E-state index in [-0.39, 0.29) is 11.5 Å². The maximum absolute atomic E-state index is 10.8. The Bertz CT molecular complexity index is 304. The lowest BCUT2D eigenvalue weighted by atomic mass is 10.2. The fourth-order valence-electron chi connectivity index (χ4n) is 0.704. The Hall–Kier alpha value is -1.65. The first-order valence-electron chi connectivity index (χ1n) is 2.64. The van der Waals surface area contributed by atoms with Crippen LogP contribution in [0.1, 0.15) is 0 Å². The van der Waals surface area contributed by atoms with Gasteiger partial charge in [-0.05, 0) is 0 Å². The molecule has 0 spiro atoms. The third-order valence-corrected chi connectivity index (χ3v) is 1.14. The number of ketones is 1. The van der Waals surface area contributed by atoms with Crippen molar-refractivity contribution < 1.29 is 4.79 Å². The van der Waals surface area contributed by atoms with Crippen LogP contribution < -0.4 is 0 Å². The van der Waals surface area contributed by atoms with Crippen LogP contribution in [0.4, 0.5) is 0 Å². The molecule has 0 N–H and O–H groups in total. The minimum atomic E-state index is -0.234. The predicted molar refractivity (Wildman–Crippen MR) is 36.9 cm³/mol. The molecule has 0 bridgehead atoms. The van der Waals surface area contributed by atoms with E-state index in [2.05, 4.69) is 20.2 Å². The quantitative estimate of drug-likeness (QED) is 0.437. The summed E-state index contributed by atoms with van der Waals surface area (Å²) in [5.74, 6) is 0.0787.